The van der Waals surface area contributed by atoms with Crippen LogP contribution in [0.5, 0.6) is 11.5 Å². The molecule has 0 aliphatic carbocycles. The van der Waals surface area contributed by atoms with Crippen molar-refractivity contribution in [2.24, 2.45) is 0 Å². The van der Waals surface area contributed by atoms with Crippen LogP contribution in [-0.4, -0.2) is 47.9 Å². The van der Waals surface area contributed by atoms with E-state index < -0.39 is 0 Å². The Kier molecular flexibility index (Phi) is 4.93. The van der Waals surface area contributed by atoms with Crippen molar-refractivity contribution < 1.29 is 9.53 Å². The minimum atomic E-state index is 0.133. The Morgan fingerprint density at radius 1 is 1.00 bits per heavy atom. The van der Waals surface area contributed by atoms with Crippen LogP contribution in [-0.2, 0) is 0 Å². The fourth-order valence-corrected chi connectivity index (χ4v) is 3.99. The van der Waals surface area contributed by atoms with Crippen molar-refractivity contribution in [3.8, 4) is 11.5 Å². The van der Waals surface area contributed by atoms with Crippen LogP contribution in [0.25, 0.3) is 0 Å². The van der Waals surface area contributed by atoms with Gasteiger partial charge in [-0.1, -0.05) is 12.1 Å². The monoisotopic (exact) mass is 350 g/mol. The normalized spacial score (nSPS) is 20.5. The highest BCUT2D eigenvalue weighted by Gasteiger charge is 2.31. The van der Waals surface area contributed by atoms with Crippen LogP contribution in [0, 0.1) is 6.92 Å². The summed E-state index contributed by atoms with van der Waals surface area (Å²) >= 11 is 0. The first kappa shape index (κ1) is 17.1. The second kappa shape index (κ2) is 7.50. The summed E-state index contributed by atoms with van der Waals surface area (Å²) in [5.41, 5.74) is 1.90. The van der Waals surface area contributed by atoms with E-state index in [2.05, 4.69) is 4.90 Å². The van der Waals surface area contributed by atoms with Crippen molar-refractivity contribution in [1.82, 2.24) is 9.80 Å². The van der Waals surface area contributed by atoms with Gasteiger partial charge in [-0.25, -0.2) is 0 Å². The fraction of sp³-hybridized carbons (Fsp3) is 0.409. The van der Waals surface area contributed by atoms with Gasteiger partial charge in [-0.15, -0.1) is 0 Å². The Bertz CT molecular complexity index is 766. The molecule has 0 saturated carbocycles. The summed E-state index contributed by atoms with van der Waals surface area (Å²) in [6.45, 7) is 6.15. The largest absolute Gasteiger partial charge is 0.457 e. The van der Waals surface area contributed by atoms with E-state index in [4.69, 9.17) is 4.74 Å². The Morgan fingerprint density at radius 2 is 1.77 bits per heavy atom. The van der Waals surface area contributed by atoms with Crippen LogP contribution >= 0.6 is 0 Å². The van der Waals surface area contributed by atoms with Gasteiger partial charge in [-0.2, -0.15) is 0 Å². The second-order valence-corrected chi connectivity index (χ2v) is 7.38. The number of aryl methyl sites for hydroxylation is 1. The standard InChI is InChI=1S/C22H26N2O2/c1-17-5-4-6-21(15-17)26-20-9-7-18(8-10-20)22(25)24-14-11-19(16-24)23-12-2-3-13-23/h4-10,15,19H,2-3,11-14,16H2,1H3/t19-/m0/s1. The minimum Gasteiger partial charge on any atom is -0.457 e. The second-order valence-electron chi connectivity index (χ2n) is 7.38. The molecule has 136 valence electrons. The third-order valence-electron chi connectivity index (χ3n) is 5.43. The zero-order valence-electron chi connectivity index (χ0n) is 15.4. The summed E-state index contributed by atoms with van der Waals surface area (Å²) in [5, 5.41) is 0. The lowest BCUT2D eigenvalue weighted by Gasteiger charge is -2.23. The Labute approximate surface area is 155 Å². The van der Waals surface area contributed by atoms with Gasteiger partial charge >= 0.3 is 0 Å². The predicted octanol–water partition coefficient (Wildman–Crippen LogP) is 4.10. The summed E-state index contributed by atoms with van der Waals surface area (Å²) in [7, 11) is 0. The SMILES string of the molecule is Cc1cccc(Oc2ccc(C(=O)N3CC[C@H](N4CCCC4)C3)cc2)c1. The number of benzene rings is 2. The molecule has 4 rings (SSSR count). The number of amides is 1. The number of carbonyl (C=O) groups is 1. The van der Waals surface area contributed by atoms with Crippen molar-refractivity contribution >= 4 is 5.91 Å². The molecule has 4 heteroatoms. The van der Waals surface area contributed by atoms with E-state index in [-0.39, 0.29) is 5.91 Å². The van der Waals surface area contributed by atoms with E-state index in [1.807, 2.05) is 60.4 Å². The Morgan fingerprint density at radius 3 is 2.50 bits per heavy atom. The molecule has 0 spiro atoms. The van der Waals surface area contributed by atoms with Crippen molar-refractivity contribution in [3.63, 3.8) is 0 Å². The van der Waals surface area contributed by atoms with Crippen molar-refractivity contribution in [3.05, 3.63) is 59.7 Å². The number of nitrogens with zero attached hydrogens (tertiary/aromatic N) is 2. The molecule has 0 N–H and O–H groups in total. The number of hydrogen-bond acceptors (Lipinski definition) is 3. The average Bonchev–Trinajstić information content (AvgIpc) is 3.33. The molecule has 4 nitrogen and oxygen atoms in total. The molecule has 0 bridgehead atoms. The predicted molar refractivity (Wildman–Crippen MR) is 103 cm³/mol. The topological polar surface area (TPSA) is 32.8 Å². The smallest absolute Gasteiger partial charge is 0.253 e. The molecule has 0 unspecified atom stereocenters. The summed E-state index contributed by atoms with van der Waals surface area (Å²) < 4.78 is 5.87. The van der Waals surface area contributed by atoms with Gasteiger partial charge in [-0.05, 0) is 81.2 Å². The summed E-state index contributed by atoms with van der Waals surface area (Å²) in [5.74, 6) is 1.70. The maximum absolute atomic E-state index is 12.8. The van der Waals surface area contributed by atoms with Crippen molar-refractivity contribution in [1.29, 1.82) is 0 Å². The molecule has 0 aromatic heterocycles. The van der Waals surface area contributed by atoms with Crippen molar-refractivity contribution in [2.75, 3.05) is 26.2 Å². The van der Waals surface area contributed by atoms with Crippen LogP contribution in [0.1, 0.15) is 35.2 Å². The molecule has 2 heterocycles. The number of carbonyl (C=O) groups excluding carboxylic acids is 1. The summed E-state index contributed by atoms with van der Waals surface area (Å²) in [4.78, 5) is 17.3. The maximum atomic E-state index is 12.8. The zero-order valence-corrected chi connectivity index (χ0v) is 15.4. The third-order valence-corrected chi connectivity index (χ3v) is 5.43. The molecular formula is C22H26N2O2. The summed E-state index contributed by atoms with van der Waals surface area (Å²) in [6.07, 6.45) is 3.69. The minimum absolute atomic E-state index is 0.133. The van der Waals surface area contributed by atoms with Gasteiger partial charge < -0.3 is 9.64 Å². The van der Waals surface area contributed by atoms with Gasteiger partial charge in [0.1, 0.15) is 11.5 Å². The van der Waals surface area contributed by atoms with E-state index in [9.17, 15) is 4.79 Å². The first-order valence-electron chi connectivity index (χ1n) is 9.57. The van der Waals surface area contributed by atoms with Gasteiger partial charge in [0.15, 0.2) is 0 Å². The highest BCUT2D eigenvalue weighted by Crippen LogP contribution is 2.25. The fourth-order valence-electron chi connectivity index (χ4n) is 3.99. The lowest BCUT2D eigenvalue weighted by Crippen LogP contribution is -2.37. The molecule has 2 aromatic rings. The lowest BCUT2D eigenvalue weighted by molar-refractivity contribution is 0.0780. The van der Waals surface area contributed by atoms with Crippen LogP contribution in [0.15, 0.2) is 48.5 Å². The van der Waals surface area contributed by atoms with E-state index in [0.717, 1.165) is 42.1 Å². The molecule has 2 aliphatic heterocycles. The van der Waals surface area contributed by atoms with Gasteiger partial charge in [0.2, 0.25) is 0 Å². The Hall–Kier alpha value is -2.33. The van der Waals surface area contributed by atoms with Gasteiger partial charge in [-0.3, -0.25) is 9.69 Å². The number of rotatable bonds is 4. The highest BCUT2D eigenvalue weighted by molar-refractivity contribution is 5.94. The highest BCUT2D eigenvalue weighted by atomic mass is 16.5. The van der Waals surface area contributed by atoms with E-state index >= 15 is 0 Å². The number of hydrogen-bond donors (Lipinski definition) is 0. The molecule has 0 radical (unpaired) electrons. The lowest BCUT2D eigenvalue weighted by atomic mass is 10.2. The molecule has 26 heavy (non-hydrogen) atoms. The molecule has 1 amide bonds. The van der Waals surface area contributed by atoms with Crippen LogP contribution in [0.3, 0.4) is 0 Å². The van der Waals surface area contributed by atoms with E-state index in [1.165, 1.54) is 25.9 Å². The molecule has 2 aliphatic rings. The number of likely N-dealkylation sites (tertiary alicyclic amines) is 2. The van der Waals surface area contributed by atoms with Gasteiger partial charge in [0.25, 0.3) is 5.91 Å². The summed E-state index contributed by atoms with van der Waals surface area (Å²) in [6, 6.07) is 16.0. The van der Waals surface area contributed by atoms with Crippen molar-refractivity contribution in [2.45, 2.75) is 32.2 Å². The van der Waals surface area contributed by atoms with Crippen LogP contribution < -0.4 is 4.74 Å². The van der Waals surface area contributed by atoms with Crippen LogP contribution in [0.2, 0.25) is 0 Å². The molecule has 2 fully saturated rings. The number of ether oxygens (including phenoxy) is 1. The van der Waals surface area contributed by atoms with Crippen LogP contribution in [0.4, 0.5) is 0 Å². The average molecular weight is 350 g/mol. The van der Waals surface area contributed by atoms with Gasteiger partial charge in [0.05, 0.1) is 0 Å². The quantitative estimate of drug-likeness (QED) is 0.832. The first-order valence-corrected chi connectivity index (χ1v) is 9.57. The molecule has 2 saturated heterocycles. The zero-order chi connectivity index (χ0) is 17.9. The third kappa shape index (κ3) is 3.75. The first-order chi connectivity index (χ1) is 12.7. The Balaban J connectivity index is 1.38. The molecule has 2 aromatic carbocycles. The molecule has 1 atom stereocenters. The van der Waals surface area contributed by atoms with E-state index in [1.54, 1.807) is 0 Å². The molecular weight excluding hydrogens is 324 g/mol. The maximum Gasteiger partial charge on any atom is 0.253 e. The van der Waals surface area contributed by atoms with Gasteiger partial charge in [0, 0.05) is 24.7 Å². The van der Waals surface area contributed by atoms with E-state index in [0.29, 0.717) is 6.04 Å².